The molecule has 1 aliphatic rings. The van der Waals surface area contributed by atoms with Crippen molar-refractivity contribution >= 4 is 44.9 Å². The number of carbonyl (C=O) groups is 1. The fraction of sp³-hybridized carbons (Fsp3) is 0.333. The van der Waals surface area contributed by atoms with E-state index < -0.39 is 0 Å². The van der Waals surface area contributed by atoms with Crippen LogP contribution in [-0.4, -0.2) is 43.8 Å². The summed E-state index contributed by atoms with van der Waals surface area (Å²) < 4.78 is 2.10. The van der Waals surface area contributed by atoms with Crippen molar-refractivity contribution < 1.29 is 4.79 Å². The summed E-state index contributed by atoms with van der Waals surface area (Å²) in [5.74, 6) is 0.661. The SMILES string of the molecule is CSc1ccc(C(=O)N2CCCCC2c2nnn(-c3cccc(Br)c3)n2)s1. The highest BCUT2D eigenvalue weighted by Gasteiger charge is 2.32. The molecule has 0 spiro atoms. The zero-order valence-electron chi connectivity index (χ0n) is 14.7. The largest absolute Gasteiger partial charge is 0.328 e. The number of nitrogens with zero attached hydrogens (tertiary/aromatic N) is 5. The summed E-state index contributed by atoms with van der Waals surface area (Å²) in [4.78, 5) is 17.3. The summed E-state index contributed by atoms with van der Waals surface area (Å²) in [6.07, 6.45) is 4.94. The molecule has 6 nitrogen and oxygen atoms in total. The van der Waals surface area contributed by atoms with E-state index in [2.05, 4.69) is 31.3 Å². The van der Waals surface area contributed by atoms with E-state index in [-0.39, 0.29) is 11.9 Å². The molecular weight excluding hydrogens is 446 g/mol. The number of carbonyl (C=O) groups excluding carboxylic acids is 1. The van der Waals surface area contributed by atoms with Crippen molar-refractivity contribution in [2.24, 2.45) is 0 Å². The van der Waals surface area contributed by atoms with Crippen molar-refractivity contribution in [3.05, 3.63) is 51.6 Å². The molecule has 1 fully saturated rings. The lowest BCUT2D eigenvalue weighted by Gasteiger charge is -2.33. The predicted octanol–water partition coefficient (Wildman–Crippen LogP) is 4.58. The van der Waals surface area contributed by atoms with Crippen LogP contribution in [-0.2, 0) is 0 Å². The maximum Gasteiger partial charge on any atom is 0.264 e. The normalized spacial score (nSPS) is 17.3. The number of thioether (sulfide) groups is 1. The molecule has 1 aromatic carbocycles. The Morgan fingerprint density at radius 2 is 2.19 bits per heavy atom. The minimum absolute atomic E-state index is 0.0591. The van der Waals surface area contributed by atoms with Gasteiger partial charge in [-0.05, 0) is 61.1 Å². The first-order chi connectivity index (χ1) is 13.2. The topological polar surface area (TPSA) is 63.9 Å². The Hall–Kier alpha value is -1.71. The zero-order chi connectivity index (χ0) is 18.8. The summed E-state index contributed by atoms with van der Waals surface area (Å²) in [7, 11) is 0. The quantitative estimate of drug-likeness (QED) is 0.529. The van der Waals surface area contributed by atoms with Crippen LogP contribution in [0.5, 0.6) is 0 Å². The highest BCUT2D eigenvalue weighted by Crippen LogP contribution is 2.33. The number of tetrazole rings is 1. The summed E-state index contributed by atoms with van der Waals surface area (Å²) in [6, 6.07) is 11.5. The first-order valence-corrected chi connectivity index (χ1v) is 11.5. The summed E-state index contributed by atoms with van der Waals surface area (Å²) in [5.41, 5.74) is 0.833. The van der Waals surface area contributed by atoms with Gasteiger partial charge in [-0.2, -0.15) is 0 Å². The molecule has 1 unspecified atom stereocenters. The molecule has 0 N–H and O–H groups in total. The van der Waals surface area contributed by atoms with E-state index in [1.165, 1.54) is 4.80 Å². The van der Waals surface area contributed by atoms with E-state index in [4.69, 9.17) is 0 Å². The van der Waals surface area contributed by atoms with Gasteiger partial charge in [0.15, 0.2) is 5.82 Å². The third kappa shape index (κ3) is 3.95. The number of halogens is 1. The molecule has 1 aliphatic heterocycles. The van der Waals surface area contributed by atoms with Gasteiger partial charge in [0, 0.05) is 11.0 Å². The summed E-state index contributed by atoms with van der Waals surface area (Å²) >= 11 is 6.66. The molecule has 1 saturated heterocycles. The first kappa shape index (κ1) is 18.6. The predicted molar refractivity (Wildman–Crippen MR) is 111 cm³/mol. The molecule has 0 bridgehead atoms. The number of hydrogen-bond donors (Lipinski definition) is 0. The molecule has 27 heavy (non-hydrogen) atoms. The van der Waals surface area contributed by atoms with E-state index in [9.17, 15) is 4.79 Å². The van der Waals surface area contributed by atoms with E-state index >= 15 is 0 Å². The number of thiophene rings is 1. The van der Waals surface area contributed by atoms with Crippen molar-refractivity contribution in [3.63, 3.8) is 0 Å². The Labute approximate surface area is 174 Å². The first-order valence-electron chi connectivity index (χ1n) is 8.66. The number of aromatic nitrogens is 4. The van der Waals surface area contributed by atoms with Gasteiger partial charge in [-0.3, -0.25) is 4.79 Å². The highest BCUT2D eigenvalue weighted by atomic mass is 79.9. The van der Waals surface area contributed by atoms with Crippen molar-refractivity contribution in [3.8, 4) is 5.69 Å². The Morgan fingerprint density at radius 3 is 2.96 bits per heavy atom. The molecular formula is C18H18BrN5OS2. The number of likely N-dealkylation sites (tertiary alicyclic amines) is 1. The van der Waals surface area contributed by atoms with E-state index in [1.807, 2.05) is 47.6 Å². The van der Waals surface area contributed by atoms with Crippen LogP contribution >= 0.6 is 39.0 Å². The lowest BCUT2D eigenvalue weighted by atomic mass is 10.0. The summed E-state index contributed by atoms with van der Waals surface area (Å²) in [5, 5.41) is 13.0. The number of rotatable bonds is 4. The molecule has 3 heterocycles. The van der Waals surface area contributed by atoms with Gasteiger partial charge in [0.05, 0.1) is 20.8 Å². The maximum atomic E-state index is 13.1. The molecule has 140 valence electrons. The minimum Gasteiger partial charge on any atom is -0.328 e. The van der Waals surface area contributed by atoms with Gasteiger partial charge in [0.25, 0.3) is 5.91 Å². The molecule has 2 aromatic heterocycles. The molecule has 1 amide bonds. The molecule has 9 heteroatoms. The standard InChI is InChI=1S/C18H18BrN5OS2/c1-26-16-9-8-15(27-16)18(25)23-10-3-2-7-14(23)17-20-22-24(21-17)13-6-4-5-12(19)11-13/h4-6,8-9,11,14H,2-3,7,10H2,1H3. The van der Waals surface area contributed by atoms with Crippen LogP contribution in [0.25, 0.3) is 5.69 Å². The van der Waals surface area contributed by atoms with Gasteiger partial charge in [-0.1, -0.05) is 22.0 Å². The number of benzene rings is 1. The molecule has 0 aliphatic carbocycles. The van der Waals surface area contributed by atoms with Crippen molar-refractivity contribution in [1.82, 2.24) is 25.1 Å². The molecule has 4 rings (SSSR count). The monoisotopic (exact) mass is 463 g/mol. The average molecular weight is 464 g/mol. The summed E-state index contributed by atoms with van der Waals surface area (Å²) in [6.45, 7) is 0.724. The van der Waals surface area contributed by atoms with Crippen LogP contribution in [0.3, 0.4) is 0 Å². The number of hydrogen-bond acceptors (Lipinski definition) is 6. The number of amides is 1. The van der Waals surface area contributed by atoms with Crippen LogP contribution < -0.4 is 0 Å². The fourth-order valence-corrected chi connectivity index (χ4v) is 5.09. The molecule has 0 saturated carbocycles. The van der Waals surface area contributed by atoms with Crippen LogP contribution in [0, 0.1) is 0 Å². The van der Waals surface area contributed by atoms with E-state index in [0.717, 1.165) is 45.1 Å². The van der Waals surface area contributed by atoms with Crippen LogP contribution in [0.4, 0.5) is 0 Å². The van der Waals surface area contributed by atoms with E-state index in [1.54, 1.807) is 23.1 Å². The molecule has 1 atom stereocenters. The third-order valence-corrected chi connectivity index (χ3v) is 7.17. The zero-order valence-corrected chi connectivity index (χ0v) is 17.9. The Morgan fingerprint density at radius 1 is 1.30 bits per heavy atom. The van der Waals surface area contributed by atoms with Gasteiger partial charge < -0.3 is 4.90 Å². The lowest BCUT2D eigenvalue weighted by Crippen LogP contribution is -2.38. The second kappa shape index (κ2) is 8.12. The van der Waals surface area contributed by atoms with Crippen molar-refractivity contribution in [2.75, 3.05) is 12.8 Å². The number of piperidine rings is 1. The van der Waals surface area contributed by atoms with Gasteiger partial charge >= 0.3 is 0 Å². The smallest absolute Gasteiger partial charge is 0.264 e. The molecule has 0 radical (unpaired) electrons. The fourth-order valence-electron chi connectivity index (χ4n) is 3.20. The Bertz CT molecular complexity index is 957. The van der Waals surface area contributed by atoms with Crippen molar-refractivity contribution in [2.45, 2.75) is 29.5 Å². The van der Waals surface area contributed by atoms with Crippen LogP contribution in [0.15, 0.2) is 45.1 Å². The Kier molecular flexibility index (Phi) is 5.60. The van der Waals surface area contributed by atoms with Gasteiger partial charge in [-0.15, -0.1) is 38.1 Å². The highest BCUT2D eigenvalue weighted by molar-refractivity contribution is 9.10. The maximum absolute atomic E-state index is 13.1. The second-order valence-electron chi connectivity index (χ2n) is 6.25. The van der Waals surface area contributed by atoms with Crippen LogP contribution in [0.1, 0.15) is 40.8 Å². The minimum atomic E-state index is -0.132. The Balaban J connectivity index is 1.60. The van der Waals surface area contributed by atoms with E-state index in [0.29, 0.717) is 5.82 Å². The molecule has 3 aromatic rings. The second-order valence-corrected chi connectivity index (χ2v) is 9.36. The average Bonchev–Trinajstić information content (AvgIpc) is 3.37. The van der Waals surface area contributed by atoms with Gasteiger partial charge in [0.2, 0.25) is 0 Å². The van der Waals surface area contributed by atoms with Crippen molar-refractivity contribution in [1.29, 1.82) is 0 Å². The van der Waals surface area contributed by atoms with Crippen LogP contribution in [0.2, 0.25) is 0 Å². The van der Waals surface area contributed by atoms with Gasteiger partial charge in [-0.25, -0.2) is 0 Å². The lowest BCUT2D eigenvalue weighted by molar-refractivity contribution is 0.0605. The third-order valence-electron chi connectivity index (χ3n) is 4.52. The van der Waals surface area contributed by atoms with Gasteiger partial charge in [0.1, 0.15) is 0 Å².